The van der Waals surface area contributed by atoms with Crippen LogP contribution in [0.5, 0.6) is 0 Å². The van der Waals surface area contributed by atoms with E-state index in [4.69, 9.17) is 4.74 Å². The predicted octanol–water partition coefficient (Wildman–Crippen LogP) is 2.04. The summed E-state index contributed by atoms with van der Waals surface area (Å²) in [6, 6.07) is 5.97. The Bertz CT molecular complexity index is 998. The van der Waals surface area contributed by atoms with Crippen molar-refractivity contribution in [2.24, 2.45) is 23.2 Å². The van der Waals surface area contributed by atoms with E-state index in [1.807, 2.05) is 0 Å². The molecule has 2 amide bonds. The number of hydrogen-bond acceptors (Lipinski definition) is 5. The number of carbonyl (C=O) groups is 2. The van der Waals surface area contributed by atoms with Crippen molar-refractivity contribution in [1.82, 2.24) is 14.9 Å². The number of hydrogen-bond donors (Lipinski definition) is 2. The highest BCUT2D eigenvalue weighted by Gasteiger charge is 2.54. The summed E-state index contributed by atoms with van der Waals surface area (Å²) in [5.74, 6) is 1.85. The molecular formula is C25H35N3O5S. The third-order valence-electron chi connectivity index (χ3n) is 8.26. The Morgan fingerprint density at radius 2 is 1.59 bits per heavy atom. The summed E-state index contributed by atoms with van der Waals surface area (Å²) >= 11 is 0. The number of morpholine rings is 1. The van der Waals surface area contributed by atoms with E-state index in [2.05, 4.69) is 10.6 Å². The molecule has 0 radical (unpaired) electrons. The van der Waals surface area contributed by atoms with Gasteiger partial charge in [-0.1, -0.05) is 12.1 Å². The van der Waals surface area contributed by atoms with E-state index in [0.29, 0.717) is 44.1 Å². The van der Waals surface area contributed by atoms with Crippen LogP contribution in [0, 0.1) is 23.2 Å². The van der Waals surface area contributed by atoms with Crippen LogP contribution in [0.4, 0.5) is 0 Å². The molecule has 9 heteroatoms. The Balaban J connectivity index is 1.13. The van der Waals surface area contributed by atoms with Crippen LogP contribution < -0.4 is 10.6 Å². The smallest absolute Gasteiger partial charge is 0.243 e. The third-order valence-corrected chi connectivity index (χ3v) is 10.2. The van der Waals surface area contributed by atoms with Gasteiger partial charge in [-0.3, -0.25) is 9.59 Å². The second kappa shape index (κ2) is 9.24. The minimum atomic E-state index is -3.54. The first kappa shape index (κ1) is 23.8. The summed E-state index contributed by atoms with van der Waals surface area (Å²) in [7, 11) is -3.54. The molecule has 1 aromatic rings. The number of nitrogens with one attached hydrogen (secondary N) is 2. The average Bonchev–Trinajstić information content (AvgIpc) is 2.82. The molecule has 186 valence electrons. The van der Waals surface area contributed by atoms with E-state index in [-0.39, 0.29) is 28.7 Å². The number of benzene rings is 1. The zero-order chi connectivity index (χ0) is 23.9. The summed E-state index contributed by atoms with van der Waals surface area (Å²) in [6.45, 7) is 3.52. The van der Waals surface area contributed by atoms with Gasteiger partial charge in [0.2, 0.25) is 21.8 Å². The van der Waals surface area contributed by atoms with E-state index in [1.165, 1.54) is 23.6 Å². The van der Waals surface area contributed by atoms with Gasteiger partial charge in [0.05, 0.1) is 18.1 Å². The van der Waals surface area contributed by atoms with Gasteiger partial charge in [0, 0.05) is 25.0 Å². The molecule has 8 nitrogen and oxygen atoms in total. The quantitative estimate of drug-likeness (QED) is 0.610. The monoisotopic (exact) mass is 489 g/mol. The molecule has 5 aliphatic rings. The van der Waals surface area contributed by atoms with Gasteiger partial charge in [0.25, 0.3) is 0 Å². The standard InChI is InChI=1S/C25H35N3O5S/c1-17(27-24(30)25-13-19-10-20(14-25)12-21(11-19)15-25)23(29)26-16-18-2-4-22(5-3-18)34(31,32)28-6-8-33-9-7-28/h2-5,17,19-21H,6-16H2,1H3,(H,26,29)(H,27,30). The maximum absolute atomic E-state index is 13.2. The maximum atomic E-state index is 13.2. The molecule has 5 fully saturated rings. The highest BCUT2D eigenvalue weighted by molar-refractivity contribution is 7.89. The molecule has 4 aliphatic carbocycles. The molecule has 1 unspecified atom stereocenters. The molecule has 1 aromatic carbocycles. The molecule has 0 spiro atoms. The zero-order valence-electron chi connectivity index (χ0n) is 19.8. The number of nitrogens with zero attached hydrogens (tertiary/aromatic N) is 1. The lowest BCUT2D eigenvalue weighted by Crippen LogP contribution is -2.56. The van der Waals surface area contributed by atoms with E-state index in [1.54, 1.807) is 31.2 Å². The second-order valence-electron chi connectivity index (χ2n) is 10.8. The molecule has 1 saturated heterocycles. The van der Waals surface area contributed by atoms with Crippen molar-refractivity contribution in [3.8, 4) is 0 Å². The molecule has 2 N–H and O–H groups in total. The molecule has 0 aromatic heterocycles. The van der Waals surface area contributed by atoms with Crippen molar-refractivity contribution < 1.29 is 22.7 Å². The van der Waals surface area contributed by atoms with Gasteiger partial charge < -0.3 is 15.4 Å². The van der Waals surface area contributed by atoms with E-state index >= 15 is 0 Å². The minimum Gasteiger partial charge on any atom is -0.379 e. The van der Waals surface area contributed by atoms with Crippen molar-refractivity contribution in [2.45, 2.75) is 62.9 Å². The average molecular weight is 490 g/mol. The molecule has 4 bridgehead atoms. The van der Waals surface area contributed by atoms with Crippen LogP contribution in [0.1, 0.15) is 51.0 Å². The van der Waals surface area contributed by atoms with Crippen LogP contribution in [0.25, 0.3) is 0 Å². The van der Waals surface area contributed by atoms with Crippen LogP contribution in [-0.2, 0) is 30.9 Å². The van der Waals surface area contributed by atoms with Gasteiger partial charge in [-0.2, -0.15) is 4.31 Å². The van der Waals surface area contributed by atoms with Gasteiger partial charge in [0.1, 0.15) is 6.04 Å². The summed E-state index contributed by atoms with van der Waals surface area (Å²) in [4.78, 5) is 26.1. The SMILES string of the molecule is CC(NC(=O)C12CC3CC(CC(C3)C1)C2)C(=O)NCc1ccc(S(=O)(=O)N2CCOCC2)cc1. The Morgan fingerprint density at radius 3 is 2.15 bits per heavy atom. The van der Waals surface area contributed by atoms with Crippen LogP contribution in [0.2, 0.25) is 0 Å². The normalized spacial score (nSPS) is 31.7. The fourth-order valence-corrected chi connectivity index (χ4v) is 8.27. The lowest BCUT2D eigenvalue weighted by Gasteiger charge is -2.55. The summed E-state index contributed by atoms with van der Waals surface area (Å²) in [6.07, 6.45) is 6.73. The minimum absolute atomic E-state index is 0.0481. The van der Waals surface area contributed by atoms with Crippen molar-refractivity contribution in [3.05, 3.63) is 29.8 Å². The Hall–Kier alpha value is -1.97. The van der Waals surface area contributed by atoms with Crippen LogP contribution in [0.15, 0.2) is 29.2 Å². The van der Waals surface area contributed by atoms with Crippen molar-refractivity contribution in [2.75, 3.05) is 26.3 Å². The maximum Gasteiger partial charge on any atom is 0.243 e. The van der Waals surface area contributed by atoms with E-state index < -0.39 is 16.1 Å². The lowest BCUT2D eigenvalue weighted by atomic mass is 9.49. The van der Waals surface area contributed by atoms with Crippen molar-refractivity contribution >= 4 is 21.8 Å². The van der Waals surface area contributed by atoms with Crippen molar-refractivity contribution in [1.29, 1.82) is 0 Å². The number of rotatable bonds is 7. The Kier molecular flexibility index (Phi) is 6.46. The summed E-state index contributed by atoms with van der Waals surface area (Å²) in [5, 5.41) is 5.86. The molecule has 6 rings (SSSR count). The van der Waals surface area contributed by atoms with Gasteiger partial charge >= 0.3 is 0 Å². The van der Waals surface area contributed by atoms with Crippen LogP contribution >= 0.6 is 0 Å². The van der Waals surface area contributed by atoms with Crippen molar-refractivity contribution in [3.63, 3.8) is 0 Å². The molecule has 1 atom stereocenters. The first-order valence-electron chi connectivity index (χ1n) is 12.5. The highest BCUT2D eigenvalue weighted by atomic mass is 32.2. The topological polar surface area (TPSA) is 105 Å². The highest BCUT2D eigenvalue weighted by Crippen LogP contribution is 2.60. The largest absolute Gasteiger partial charge is 0.379 e. The molecule has 4 saturated carbocycles. The summed E-state index contributed by atoms with van der Waals surface area (Å²) < 4.78 is 32.2. The molecule has 1 aliphatic heterocycles. The van der Waals surface area contributed by atoms with Gasteiger partial charge in [-0.25, -0.2) is 8.42 Å². The molecular weight excluding hydrogens is 454 g/mol. The van der Waals surface area contributed by atoms with Gasteiger partial charge in [0.15, 0.2) is 0 Å². The summed E-state index contributed by atoms with van der Waals surface area (Å²) in [5.41, 5.74) is 0.527. The number of sulfonamides is 1. The first-order valence-corrected chi connectivity index (χ1v) is 13.9. The Labute approximate surface area is 201 Å². The lowest BCUT2D eigenvalue weighted by molar-refractivity contribution is -0.148. The molecule has 34 heavy (non-hydrogen) atoms. The Morgan fingerprint density at radius 1 is 1.03 bits per heavy atom. The fraction of sp³-hybridized carbons (Fsp3) is 0.680. The second-order valence-corrected chi connectivity index (χ2v) is 12.7. The number of carbonyl (C=O) groups excluding carboxylic acids is 2. The zero-order valence-corrected chi connectivity index (χ0v) is 20.6. The van der Waals surface area contributed by atoms with Crippen LogP contribution in [0.3, 0.4) is 0 Å². The van der Waals surface area contributed by atoms with E-state index in [0.717, 1.165) is 24.8 Å². The number of ether oxygens (including phenoxy) is 1. The van der Waals surface area contributed by atoms with Gasteiger partial charge in [-0.05, 0) is 80.9 Å². The van der Waals surface area contributed by atoms with E-state index in [9.17, 15) is 18.0 Å². The predicted molar refractivity (Wildman–Crippen MR) is 126 cm³/mol. The third kappa shape index (κ3) is 4.62. The first-order chi connectivity index (χ1) is 16.2. The fourth-order valence-electron chi connectivity index (χ4n) is 6.86. The number of amides is 2. The molecule has 1 heterocycles. The van der Waals surface area contributed by atoms with Crippen LogP contribution in [-0.4, -0.2) is 56.9 Å². The van der Waals surface area contributed by atoms with Gasteiger partial charge in [-0.15, -0.1) is 0 Å².